The minimum Gasteiger partial charge on any atom is -0.384 e. The average molecular weight is 387 g/mol. The highest BCUT2D eigenvalue weighted by Crippen LogP contribution is 2.25. The van der Waals surface area contributed by atoms with Gasteiger partial charge >= 0.3 is 0 Å². The first kappa shape index (κ1) is 18.8. The van der Waals surface area contributed by atoms with Crippen LogP contribution in [0.15, 0.2) is 60.7 Å². The number of nitrogens with zero attached hydrogens (tertiary/aromatic N) is 2. The fourth-order valence-corrected chi connectivity index (χ4v) is 3.56. The van der Waals surface area contributed by atoms with Crippen LogP contribution >= 0.6 is 0 Å². The van der Waals surface area contributed by atoms with Crippen LogP contribution in [0.25, 0.3) is 21.8 Å². The molecule has 0 spiro atoms. The Morgan fingerprint density at radius 1 is 0.621 bits per heavy atom. The topological polar surface area (TPSA) is 102 Å². The zero-order valence-electron chi connectivity index (χ0n) is 16.4. The van der Waals surface area contributed by atoms with Gasteiger partial charge in [-0.15, -0.1) is 0 Å². The Balaban J connectivity index is 1.25. The van der Waals surface area contributed by atoms with Gasteiger partial charge in [-0.25, -0.2) is 9.97 Å². The van der Waals surface area contributed by atoms with Crippen LogP contribution in [-0.4, -0.2) is 23.1 Å². The summed E-state index contributed by atoms with van der Waals surface area (Å²) in [7, 11) is 0. The Labute approximate surface area is 170 Å². The molecule has 6 heteroatoms. The summed E-state index contributed by atoms with van der Waals surface area (Å²) >= 11 is 0. The zero-order valence-corrected chi connectivity index (χ0v) is 16.4. The smallest absolute Gasteiger partial charge is 0.126 e. The average Bonchev–Trinajstić information content (AvgIpc) is 2.72. The van der Waals surface area contributed by atoms with E-state index in [-0.39, 0.29) is 0 Å². The van der Waals surface area contributed by atoms with E-state index in [0.29, 0.717) is 11.6 Å². The summed E-state index contributed by atoms with van der Waals surface area (Å²) in [6.07, 6.45) is 3.28. The third-order valence-electron chi connectivity index (χ3n) is 4.96. The number of pyridine rings is 2. The fraction of sp³-hybridized carbons (Fsp3) is 0.217. The van der Waals surface area contributed by atoms with Crippen LogP contribution in [-0.2, 0) is 0 Å². The van der Waals surface area contributed by atoms with E-state index in [1.165, 1.54) is 0 Å². The SMILES string of the molecule is Nc1cc(NCCCCCNc2cc(N)nc3ccccc23)c2ccccc2n1. The van der Waals surface area contributed by atoms with Crippen molar-refractivity contribution in [2.24, 2.45) is 0 Å². The van der Waals surface area contributed by atoms with Crippen LogP contribution in [0.4, 0.5) is 23.0 Å². The molecule has 6 N–H and O–H groups in total. The lowest BCUT2D eigenvalue weighted by atomic mass is 10.1. The number of hydrogen-bond acceptors (Lipinski definition) is 6. The lowest BCUT2D eigenvalue weighted by molar-refractivity contribution is 0.721. The molecule has 6 nitrogen and oxygen atoms in total. The lowest BCUT2D eigenvalue weighted by Crippen LogP contribution is -2.06. The number of nitrogens with two attached hydrogens (primary N) is 2. The molecule has 0 saturated heterocycles. The maximum Gasteiger partial charge on any atom is 0.126 e. The van der Waals surface area contributed by atoms with Gasteiger partial charge in [0.1, 0.15) is 11.6 Å². The second-order valence-corrected chi connectivity index (χ2v) is 7.14. The van der Waals surface area contributed by atoms with E-state index >= 15 is 0 Å². The Kier molecular flexibility index (Phi) is 5.61. The first-order valence-electron chi connectivity index (χ1n) is 9.99. The van der Waals surface area contributed by atoms with Crippen LogP contribution in [0.3, 0.4) is 0 Å². The number of fused-ring (bicyclic) bond motifs is 2. The van der Waals surface area contributed by atoms with Crippen molar-refractivity contribution in [3.63, 3.8) is 0 Å². The molecule has 0 aliphatic rings. The summed E-state index contributed by atoms with van der Waals surface area (Å²) < 4.78 is 0. The summed E-state index contributed by atoms with van der Waals surface area (Å²) in [4.78, 5) is 8.76. The number of aromatic nitrogens is 2. The van der Waals surface area contributed by atoms with E-state index in [1.54, 1.807) is 0 Å². The summed E-state index contributed by atoms with van der Waals surface area (Å²) in [5.41, 5.74) is 15.8. The summed E-state index contributed by atoms with van der Waals surface area (Å²) in [5.74, 6) is 1.08. The molecule has 0 atom stereocenters. The standard InChI is InChI=1S/C23H26N6/c24-22-14-20(16-8-2-4-10-18(16)28-22)26-12-6-1-7-13-27-21-15-23(25)29-19-11-5-3-9-17(19)21/h2-5,8-11,14-15H,1,6-7,12-13H2,(H3,24,26,28)(H3,25,27,29). The van der Waals surface area contributed by atoms with Gasteiger partial charge in [0.05, 0.1) is 11.0 Å². The molecule has 29 heavy (non-hydrogen) atoms. The maximum absolute atomic E-state index is 5.93. The minimum absolute atomic E-state index is 0.541. The molecule has 0 radical (unpaired) electrons. The van der Waals surface area contributed by atoms with E-state index in [2.05, 4.69) is 32.7 Å². The number of benzene rings is 2. The number of unbranched alkanes of at least 4 members (excludes halogenated alkanes) is 2. The second kappa shape index (κ2) is 8.65. The quantitative estimate of drug-likeness (QED) is 0.329. The first-order chi connectivity index (χ1) is 14.2. The van der Waals surface area contributed by atoms with Crippen molar-refractivity contribution in [3.8, 4) is 0 Å². The third-order valence-corrected chi connectivity index (χ3v) is 4.96. The normalized spacial score (nSPS) is 11.0. The number of nitrogen functional groups attached to an aromatic ring is 2. The minimum atomic E-state index is 0.541. The van der Waals surface area contributed by atoms with E-state index < -0.39 is 0 Å². The molecule has 148 valence electrons. The number of rotatable bonds is 8. The highest BCUT2D eigenvalue weighted by Gasteiger charge is 2.04. The third kappa shape index (κ3) is 4.48. The van der Waals surface area contributed by atoms with Crippen molar-refractivity contribution in [1.82, 2.24) is 9.97 Å². The summed E-state index contributed by atoms with van der Waals surface area (Å²) in [5, 5.41) is 9.21. The first-order valence-corrected chi connectivity index (χ1v) is 9.99. The van der Waals surface area contributed by atoms with Gasteiger partial charge in [0, 0.05) is 47.4 Å². The van der Waals surface area contributed by atoms with Crippen LogP contribution in [0.2, 0.25) is 0 Å². The van der Waals surface area contributed by atoms with Crippen LogP contribution in [0.1, 0.15) is 19.3 Å². The van der Waals surface area contributed by atoms with Crippen LogP contribution < -0.4 is 22.1 Å². The predicted octanol–water partition coefficient (Wildman–Crippen LogP) is 4.64. The van der Waals surface area contributed by atoms with Gasteiger partial charge in [-0.2, -0.15) is 0 Å². The molecule has 2 aromatic carbocycles. The van der Waals surface area contributed by atoms with Gasteiger partial charge in [0.2, 0.25) is 0 Å². The molecule has 0 amide bonds. The van der Waals surface area contributed by atoms with Gasteiger partial charge in [-0.1, -0.05) is 36.4 Å². The van der Waals surface area contributed by atoms with Gasteiger partial charge in [-0.05, 0) is 31.4 Å². The number of para-hydroxylation sites is 2. The number of hydrogen-bond donors (Lipinski definition) is 4. The highest BCUT2D eigenvalue weighted by molar-refractivity contribution is 5.93. The molecular weight excluding hydrogens is 360 g/mol. The van der Waals surface area contributed by atoms with Gasteiger partial charge in [0.15, 0.2) is 0 Å². The monoisotopic (exact) mass is 386 g/mol. The van der Waals surface area contributed by atoms with Crippen molar-refractivity contribution >= 4 is 44.8 Å². The molecule has 2 heterocycles. The second-order valence-electron chi connectivity index (χ2n) is 7.14. The van der Waals surface area contributed by atoms with Crippen molar-refractivity contribution < 1.29 is 0 Å². The molecule has 4 rings (SSSR count). The van der Waals surface area contributed by atoms with Crippen molar-refractivity contribution in [2.45, 2.75) is 19.3 Å². The summed E-state index contributed by atoms with van der Waals surface area (Å²) in [6.45, 7) is 1.80. The van der Waals surface area contributed by atoms with Crippen molar-refractivity contribution in [3.05, 3.63) is 60.7 Å². The maximum atomic E-state index is 5.93. The number of anilines is 4. The Morgan fingerprint density at radius 3 is 1.55 bits per heavy atom. The molecular formula is C23H26N6. The zero-order chi connectivity index (χ0) is 20.1. The number of nitrogens with one attached hydrogen (secondary N) is 2. The van der Waals surface area contributed by atoms with E-state index in [9.17, 15) is 0 Å². The molecule has 0 fully saturated rings. The van der Waals surface area contributed by atoms with E-state index in [0.717, 1.165) is 65.5 Å². The van der Waals surface area contributed by atoms with Crippen molar-refractivity contribution in [2.75, 3.05) is 35.2 Å². The molecule has 0 aliphatic carbocycles. The van der Waals surface area contributed by atoms with E-state index in [4.69, 9.17) is 11.5 Å². The Hall–Kier alpha value is -3.54. The Bertz CT molecular complexity index is 1040. The van der Waals surface area contributed by atoms with E-state index in [1.807, 2.05) is 48.5 Å². The fourth-order valence-electron chi connectivity index (χ4n) is 3.56. The van der Waals surface area contributed by atoms with Crippen LogP contribution in [0.5, 0.6) is 0 Å². The predicted molar refractivity (Wildman–Crippen MR) is 123 cm³/mol. The Morgan fingerprint density at radius 2 is 1.07 bits per heavy atom. The summed E-state index contributed by atoms with van der Waals surface area (Å²) in [6, 6.07) is 19.9. The molecule has 0 unspecified atom stereocenters. The molecule has 4 aromatic rings. The van der Waals surface area contributed by atoms with Gasteiger partial charge < -0.3 is 22.1 Å². The van der Waals surface area contributed by atoms with Gasteiger partial charge in [-0.3, -0.25) is 0 Å². The largest absolute Gasteiger partial charge is 0.384 e. The highest BCUT2D eigenvalue weighted by atomic mass is 14.9. The molecule has 0 bridgehead atoms. The van der Waals surface area contributed by atoms with Gasteiger partial charge in [0.25, 0.3) is 0 Å². The molecule has 0 saturated carbocycles. The lowest BCUT2D eigenvalue weighted by Gasteiger charge is -2.12. The molecule has 0 aliphatic heterocycles. The molecule has 2 aromatic heterocycles. The van der Waals surface area contributed by atoms with Crippen LogP contribution in [0, 0.1) is 0 Å². The van der Waals surface area contributed by atoms with Crippen molar-refractivity contribution in [1.29, 1.82) is 0 Å².